The first-order valence-corrected chi connectivity index (χ1v) is 6.65. The first-order valence-electron chi connectivity index (χ1n) is 5.42. The van der Waals surface area contributed by atoms with E-state index in [4.69, 9.17) is 0 Å². The molecule has 1 aromatic rings. The minimum Gasteiger partial charge on any atom is -0.129 e. The van der Waals surface area contributed by atoms with Gasteiger partial charge in [0.1, 0.15) is 0 Å². The van der Waals surface area contributed by atoms with Crippen LogP contribution >= 0.6 is 11.8 Å². The average molecular weight is 208 g/mol. The fourth-order valence-electron chi connectivity index (χ4n) is 1.74. The summed E-state index contributed by atoms with van der Waals surface area (Å²) >= 11 is 1.86. The lowest BCUT2D eigenvalue weighted by atomic mass is 9.96. The van der Waals surface area contributed by atoms with Gasteiger partial charge in [-0.1, -0.05) is 44.9 Å². The predicted molar refractivity (Wildman–Crippen MR) is 66.2 cm³/mol. The lowest BCUT2D eigenvalue weighted by Gasteiger charge is -2.14. The van der Waals surface area contributed by atoms with Crippen molar-refractivity contribution in [1.29, 1.82) is 0 Å². The Bertz CT molecular complexity index is 268. The monoisotopic (exact) mass is 208 g/mol. The van der Waals surface area contributed by atoms with Crippen LogP contribution in [0.4, 0.5) is 0 Å². The SMILES string of the molecule is CCCC[C@@H](C)c1ccccc1SC. The predicted octanol–water partition coefficient (Wildman–Crippen LogP) is 4.70. The zero-order valence-corrected chi connectivity index (χ0v) is 10.2. The van der Waals surface area contributed by atoms with Crippen LogP contribution in [-0.4, -0.2) is 6.26 Å². The van der Waals surface area contributed by atoms with E-state index in [1.165, 1.54) is 29.7 Å². The molecule has 1 atom stereocenters. The summed E-state index contributed by atoms with van der Waals surface area (Å²) in [7, 11) is 0. The molecule has 0 aliphatic carbocycles. The molecule has 0 amide bonds. The second-order valence-electron chi connectivity index (χ2n) is 3.79. The lowest BCUT2D eigenvalue weighted by Crippen LogP contribution is -1.95. The van der Waals surface area contributed by atoms with Crippen molar-refractivity contribution in [2.24, 2.45) is 0 Å². The molecule has 1 aromatic carbocycles. The second kappa shape index (κ2) is 6.13. The summed E-state index contributed by atoms with van der Waals surface area (Å²) in [5.41, 5.74) is 1.52. The topological polar surface area (TPSA) is 0 Å². The second-order valence-corrected chi connectivity index (χ2v) is 4.63. The first kappa shape index (κ1) is 11.6. The van der Waals surface area contributed by atoms with Gasteiger partial charge in [-0.3, -0.25) is 0 Å². The Hall–Kier alpha value is -0.430. The third-order valence-corrected chi connectivity index (χ3v) is 3.47. The molecule has 0 bridgehead atoms. The van der Waals surface area contributed by atoms with Gasteiger partial charge in [-0.2, -0.15) is 0 Å². The normalized spacial score (nSPS) is 12.8. The van der Waals surface area contributed by atoms with Crippen molar-refractivity contribution in [1.82, 2.24) is 0 Å². The number of benzene rings is 1. The van der Waals surface area contributed by atoms with Crippen molar-refractivity contribution in [2.75, 3.05) is 6.26 Å². The number of hydrogen-bond acceptors (Lipinski definition) is 1. The van der Waals surface area contributed by atoms with Crippen LogP contribution < -0.4 is 0 Å². The highest BCUT2D eigenvalue weighted by Gasteiger charge is 2.08. The van der Waals surface area contributed by atoms with Crippen molar-refractivity contribution in [2.45, 2.75) is 43.9 Å². The van der Waals surface area contributed by atoms with Crippen LogP contribution in [0, 0.1) is 0 Å². The van der Waals surface area contributed by atoms with E-state index >= 15 is 0 Å². The van der Waals surface area contributed by atoms with Crippen molar-refractivity contribution < 1.29 is 0 Å². The molecule has 0 saturated carbocycles. The van der Waals surface area contributed by atoms with E-state index in [0.717, 1.165) is 0 Å². The molecule has 0 fully saturated rings. The summed E-state index contributed by atoms with van der Waals surface area (Å²) < 4.78 is 0. The Morgan fingerprint density at radius 2 is 2.00 bits per heavy atom. The van der Waals surface area contributed by atoms with E-state index in [1.54, 1.807) is 0 Å². The lowest BCUT2D eigenvalue weighted by molar-refractivity contribution is 0.617. The van der Waals surface area contributed by atoms with E-state index in [1.807, 2.05) is 11.8 Å². The Morgan fingerprint density at radius 3 is 2.64 bits per heavy atom. The van der Waals surface area contributed by atoms with Crippen molar-refractivity contribution in [3.05, 3.63) is 29.8 Å². The third-order valence-electron chi connectivity index (χ3n) is 2.66. The number of rotatable bonds is 5. The molecule has 0 N–H and O–H groups in total. The molecular formula is C13H20S. The summed E-state index contributed by atoms with van der Waals surface area (Å²) in [6, 6.07) is 8.77. The van der Waals surface area contributed by atoms with Gasteiger partial charge in [0.25, 0.3) is 0 Å². The minimum atomic E-state index is 0.707. The van der Waals surface area contributed by atoms with Crippen LogP contribution in [-0.2, 0) is 0 Å². The fourth-order valence-corrected chi connectivity index (χ4v) is 2.46. The average Bonchev–Trinajstić information content (AvgIpc) is 2.25. The van der Waals surface area contributed by atoms with E-state index in [0.29, 0.717) is 5.92 Å². The van der Waals surface area contributed by atoms with Gasteiger partial charge in [-0.25, -0.2) is 0 Å². The zero-order chi connectivity index (χ0) is 10.4. The smallest absolute Gasteiger partial charge is 0.0104 e. The maximum Gasteiger partial charge on any atom is 0.0104 e. The number of unbranched alkanes of at least 4 members (excludes halogenated alkanes) is 1. The maximum absolute atomic E-state index is 2.34. The van der Waals surface area contributed by atoms with Gasteiger partial charge in [-0.05, 0) is 30.2 Å². The van der Waals surface area contributed by atoms with Gasteiger partial charge in [0.15, 0.2) is 0 Å². The van der Waals surface area contributed by atoms with Gasteiger partial charge in [-0.15, -0.1) is 11.8 Å². The Kier molecular flexibility index (Phi) is 5.10. The quantitative estimate of drug-likeness (QED) is 0.632. The van der Waals surface area contributed by atoms with E-state index in [9.17, 15) is 0 Å². The first-order chi connectivity index (χ1) is 6.79. The van der Waals surface area contributed by atoms with Crippen LogP contribution in [0.5, 0.6) is 0 Å². The summed E-state index contributed by atoms with van der Waals surface area (Å²) in [6.07, 6.45) is 6.11. The molecule has 0 unspecified atom stereocenters. The van der Waals surface area contributed by atoms with Crippen molar-refractivity contribution >= 4 is 11.8 Å². The van der Waals surface area contributed by atoms with E-state index < -0.39 is 0 Å². The molecule has 1 rings (SSSR count). The van der Waals surface area contributed by atoms with Crippen LogP contribution in [0.2, 0.25) is 0 Å². The van der Waals surface area contributed by atoms with E-state index in [2.05, 4.69) is 44.4 Å². The van der Waals surface area contributed by atoms with Gasteiger partial charge in [0.2, 0.25) is 0 Å². The minimum absolute atomic E-state index is 0.707. The standard InChI is InChI=1S/C13H20S/c1-4-5-8-11(2)12-9-6-7-10-13(12)14-3/h6-7,9-11H,4-5,8H2,1-3H3/t11-/m1/s1. The fraction of sp³-hybridized carbons (Fsp3) is 0.538. The van der Waals surface area contributed by atoms with Crippen LogP contribution in [0.15, 0.2) is 29.2 Å². The molecule has 0 spiro atoms. The summed E-state index contributed by atoms with van der Waals surface area (Å²) in [4.78, 5) is 1.44. The molecule has 1 heteroatoms. The van der Waals surface area contributed by atoms with Crippen molar-refractivity contribution in [3.8, 4) is 0 Å². The van der Waals surface area contributed by atoms with Gasteiger partial charge in [0, 0.05) is 4.90 Å². The Labute approximate surface area is 92.1 Å². The van der Waals surface area contributed by atoms with E-state index in [-0.39, 0.29) is 0 Å². The highest BCUT2D eigenvalue weighted by atomic mass is 32.2. The molecule has 0 radical (unpaired) electrons. The Morgan fingerprint density at radius 1 is 1.29 bits per heavy atom. The molecule has 0 heterocycles. The highest BCUT2D eigenvalue weighted by Crippen LogP contribution is 2.29. The molecule has 0 nitrogen and oxygen atoms in total. The highest BCUT2D eigenvalue weighted by molar-refractivity contribution is 7.98. The number of thioether (sulfide) groups is 1. The van der Waals surface area contributed by atoms with Crippen molar-refractivity contribution in [3.63, 3.8) is 0 Å². The van der Waals surface area contributed by atoms with Crippen LogP contribution in [0.1, 0.15) is 44.6 Å². The summed E-state index contributed by atoms with van der Waals surface area (Å²) in [5, 5.41) is 0. The third kappa shape index (κ3) is 3.06. The summed E-state index contributed by atoms with van der Waals surface area (Å²) in [6.45, 7) is 4.60. The maximum atomic E-state index is 2.34. The summed E-state index contributed by atoms with van der Waals surface area (Å²) in [5.74, 6) is 0.707. The molecule has 0 aliphatic rings. The molecule has 0 saturated heterocycles. The van der Waals surface area contributed by atoms with Crippen LogP contribution in [0.3, 0.4) is 0 Å². The Balaban J connectivity index is 2.72. The molecular weight excluding hydrogens is 188 g/mol. The van der Waals surface area contributed by atoms with Gasteiger partial charge < -0.3 is 0 Å². The van der Waals surface area contributed by atoms with Crippen LogP contribution in [0.25, 0.3) is 0 Å². The van der Waals surface area contributed by atoms with Gasteiger partial charge >= 0.3 is 0 Å². The molecule has 78 valence electrons. The zero-order valence-electron chi connectivity index (χ0n) is 9.42. The number of hydrogen-bond donors (Lipinski definition) is 0. The molecule has 0 aromatic heterocycles. The molecule has 14 heavy (non-hydrogen) atoms. The largest absolute Gasteiger partial charge is 0.129 e. The molecule has 0 aliphatic heterocycles. The van der Waals surface area contributed by atoms with Gasteiger partial charge in [0.05, 0.1) is 0 Å².